The molecule has 0 spiro atoms. The van der Waals surface area contributed by atoms with Crippen LogP contribution in [0, 0.1) is 5.41 Å². The SMILES string of the molecule is CC(C)N1CCN(CC2(CNC3CC3)CCCCC2)CC1. The molecule has 1 saturated heterocycles. The van der Waals surface area contributed by atoms with E-state index in [4.69, 9.17) is 0 Å². The predicted octanol–water partition coefficient (Wildman–Crippen LogP) is 2.71. The Bertz CT molecular complexity index is 310. The molecule has 1 N–H and O–H groups in total. The summed E-state index contributed by atoms with van der Waals surface area (Å²) in [6.45, 7) is 12.4. The van der Waals surface area contributed by atoms with Crippen LogP contribution >= 0.6 is 0 Å². The Hall–Kier alpha value is -0.120. The second kappa shape index (κ2) is 6.97. The van der Waals surface area contributed by atoms with Gasteiger partial charge in [-0.3, -0.25) is 4.90 Å². The van der Waals surface area contributed by atoms with Crippen LogP contribution in [0.2, 0.25) is 0 Å². The third-order valence-corrected chi connectivity index (χ3v) is 5.95. The van der Waals surface area contributed by atoms with Crippen LogP contribution in [-0.4, -0.2) is 61.2 Å². The highest BCUT2D eigenvalue weighted by Gasteiger charge is 2.36. The monoisotopic (exact) mass is 293 g/mol. The lowest BCUT2D eigenvalue weighted by Crippen LogP contribution is -2.53. The number of piperazine rings is 1. The summed E-state index contributed by atoms with van der Waals surface area (Å²) in [5.74, 6) is 0. The van der Waals surface area contributed by atoms with E-state index >= 15 is 0 Å². The molecule has 21 heavy (non-hydrogen) atoms. The fourth-order valence-electron chi connectivity index (χ4n) is 4.25. The zero-order valence-corrected chi connectivity index (χ0v) is 14.2. The van der Waals surface area contributed by atoms with Crippen molar-refractivity contribution in [2.45, 2.75) is 70.9 Å². The highest BCUT2D eigenvalue weighted by Crippen LogP contribution is 2.37. The van der Waals surface area contributed by atoms with Gasteiger partial charge in [-0.1, -0.05) is 19.3 Å². The lowest BCUT2D eigenvalue weighted by atomic mass is 9.73. The summed E-state index contributed by atoms with van der Waals surface area (Å²) in [5.41, 5.74) is 0.584. The van der Waals surface area contributed by atoms with Crippen LogP contribution < -0.4 is 5.32 Å². The van der Waals surface area contributed by atoms with Crippen molar-refractivity contribution in [2.24, 2.45) is 5.41 Å². The molecule has 1 aliphatic heterocycles. The molecule has 122 valence electrons. The number of hydrogen-bond donors (Lipinski definition) is 1. The summed E-state index contributed by atoms with van der Waals surface area (Å²) in [6.07, 6.45) is 10.1. The third kappa shape index (κ3) is 4.43. The summed E-state index contributed by atoms with van der Waals surface area (Å²) in [7, 11) is 0. The first-order valence-electron chi connectivity index (χ1n) is 9.37. The van der Waals surface area contributed by atoms with Crippen molar-refractivity contribution >= 4 is 0 Å². The molecule has 0 radical (unpaired) electrons. The summed E-state index contributed by atoms with van der Waals surface area (Å²) >= 11 is 0. The Balaban J connectivity index is 1.51. The molecule has 0 bridgehead atoms. The van der Waals surface area contributed by atoms with Gasteiger partial charge in [-0.2, -0.15) is 0 Å². The van der Waals surface area contributed by atoms with Crippen molar-refractivity contribution in [3.8, 4) is 0 Å². The van der Waals surface area contributed by atoms with Crippen molar-refractivity contribution in [1.29, 1.82) is 0 Å². The first-order valence-corrected chi connectivity index (χ1v) is 9.37. The van der Waals surface area contributed by atoms with E-state index in [0.717, 1.165) is 6.04 Å². The van der Waals surface area contributed by atoms with Crippen molar-refractivity contribution in [3.63, 3.8) is 0 Å². The van der Waals surface area contributed by atoms with Gasteiger partial charge in [0.1, 0.15) is 0 Å². The lowest BCUT2D eigenvalue weighted by molar-refractivity contribution is 0.0521. The lowest BCUT2D eigenvalue weighted by Gasteiger charge is -2.44. The second-order valence-electron chi connectivity index (χ2n) is 8.12. The smallest absolute Gasteiger partial charge is 0.0113 e. The number of rotatable bonds is 6. The van der Waals surface area contributed by atoms with Crippen molar-refractivity contribution in [2.75, 3.05) is 39.3 Å². The molecule has 3 heteroatoms. The molecule has 0 atom stereocenters. The normalized spacial score (nSPS) is 28.1. The van der Waals surface area contributed by atoms with Gasteiger partial charge in [0, 0.05) is 51.4 Å². The van der Waals surface area contributed by atoms with Gasteiger partial charge >= 0.3 is 0 Å². The van der Waals surface area contributed by atoms with E-state index in [1.54, 1.807) is 0 Å². The van der Waals surface area contributed by atoms with Gasteiger partial charge in [-0.25, -0.2) is 0 Å². The van der Waals surface area contributed by atoms with Gasteiger partial charge in [0.25, 0.3) is 0 Å². The summed E-state index contributed by atoms with van der Waals surface area (Å²) in [4.78, 5) is 5.39. The molecular formula is C18H35N3. The standard InChI is InChI=1S/C18H35N3/c1-16(2)21-12-10-20(11-13-21)15-18(8-4-3-5-9-18)14-19-17-6-7-17/h16-17,19H,3-15H2,1-2H3. The molecule has 3 aliphatic rings. The van der Waals surface area contributed by atoms with E-state index in [-0.39, 0.29) is 0 Å². The van der Waals surface area contributed by atoms with E-state index in [1.807, 2.05) is 0 Å². The minimum absolute atomic E-state index is 0.584. The second-order valence-corrected chi connectivity index (χ2v) is 8.12. The number of hydrogen-bond acceptors (Lipinski definition) is 3. The van der Waals surface area contributed by atoms with Crippen LogP contribution in [0.1, 0.15) is 58.8 Å². The fraction of sp³-hybridized carbons (Fsp3) is 1.00. The molecule has 0 aromatic carbocycles. The zero-order chi connectivity index (χ0) is 14.7. The van der Waals surface area contributed by atoms with Crippen molar-refractivity contribution in [3.05, 3.63) is 0 Å². The Kier molecular flexibility index (Phi) is 5.23. The molecule has 3 nitrogen and oxygen atoms in total. The molecular weight excluding hydrogens is 258 g/mol. The Morgan fingerprint density at radius 1 is 1.00 bits per heavy atom. The first kappa shape index (κ1) is 15.8. The average molecular weight is 293 g/mol. The van der Waals surface area contributed by atoms with Gasteiger partial charge in [0.2, 0.25) is 0 Å². The van der Waals surface area contributed by atoms with Gasteiger partial charge in [-0.15, -0.1) is 0 Å². The highest BCUT2D eigenvalue weighted by atomic mass is 15.3. The maximum absolute atomic E-state index is 3.85. The molecule has 0 unspecified atom stereocenters. The summed E-state index contributed by atoms with van der Waals surface area (Å²) in [5, 5.41) is 3.85. The van der Waals surface area contributed by atoms with Crippen LogP contribution in [0.3, 0.4) is 0 Å². The predicted molar refractivity (Wildman–Crippen MR) is 89.7 cm³/mol. The fourth-order valence-corrected chi connectivity index (χ4v) is 4.25. The van der Waals surface area contributed by atoms with Crippen LogP contribution in [0.4, 0.5) is 0 Å². The van der Waals surface area contributed by atoms with Gasteiger partial charge in [0.15, 0.2) is 0 Å². The molecule has 2 saturated carbocycles. The Morgan fingerprint density at radius 3 is 2.24 bits per heavy atom. The van der Waals surface area contributed by atoms with Crippen molar-refractivity contribution in [1.82, 2.24) is 15.1 Å². The quantitative estimate of drug-likeness (QED) is 0.812. The summed E-state index contributed by atoms with van der Waals surface area (Å²) < 4.78 is 0. The molecule has 3 fully saturated rings. The van der Waals surface area contributed by atoms with E-state index in [2.05, 4.69) is 29.0 Å². The van der Waals surface area contributed by atoms with E-state index in [9.17, 15) is 0 Å². The molecule has 0 aromatic rings. The highest BCUT2D eigenvalue weighted by molar-refractivity contribution is 4.92. The Morgan fingerprint density at radius 2 is 1.67 bits per heavy atom. The van der Waals surface area contributed by atoms with E-state index in [0.29, 0.717) is 11.5 Å². The largest absolute Gasteiger partial charge is 0.313 e. The van der Waals surface area contributed by atoms with E-state index < -0.39 is 0 Å². The average Bonchev–Trinajstić information content (AvgIpc) is 3.31. The van der Waals surface area contributed by atoms with Crippen LogP contribution in [0.5, 0.6) is 0 Å². The number of nitrogens with one attached hydrogen (secondary N) is 1. The van der Waals surface area contributed by atoms with Gasteiger partial charge < -0.3 is 10.2 Å². The minimum Gasteiger partial charge on any atom is -0.313 e. The molecule has 1 heterocycles. The van der Waals surface area contributed by atoms with Crippen LogP contribution in [0.15, 0.2) is 0 Å². The maximum atomic E-state index is 3.85. The zero-order valence-electron chi connectivity index (χ0n) is 14.2. The van der Waals surface area contributed by atoms with Gasteiger partial charge in [0.05, 0.1) is 0 Å². The van der Waals surface area contributed by atoms with Crippen molar-refractivity contribution < 1.29 is 0 Å². The number of nitrogens with zero attached hydrogens (tertiary/aromatic N) is 2. The Labute approximate surface area is 131 Å². The topological polar surface area (TPSA) is 18.5 Å². The van der Waals surface area contributed by atoms with Crippen LogP contribution in [0.25, 0.3) is 0 Å². The molecule has 0 amide bonds. The molecule has 0 aromatic heterocycles. The van der Waals surface area contributed by atoms with Crippen LogP contribution in [-0.2, 0) is 0 Å². The summed E-state index contributed by atoms with van der Waals surface area (Å²) in [6, 6.07) is 1.58. The molecule has 2 aliphatic carbocycles. The third-order valence-electron chi connectivity index (χ3n) is 5.95. The van der Waals surface area contributed by atoms with Gasteiger partial charge in [-0.05, 0) is 44.9 Å². The van der Waals surface area contributed by atoms with E-state index in [1.165, 1.54) is 84.2 Å². The molecule has 3 rings (SSSR count). The maximum Gasteiger partial charge on any atom is 0.0113 e. The minimum atomic E-state index is 0.584. The first-order chi connectivity index (χ1) is 10.2.